The highest BCUT2D eigenvalue weighted by Gasteiger charge is 2.19. The second-order valence-corrected chi connectivity index (χ2v) is 9.83. The molecule has 0 radical (unpaired) electrons. The van der Waals surface area contributed by atoms with Crippen LogP contribution in [0, 0.1) is 6.92 Å². The maximum atomic E-state index is 12.9. The van der Waals surface area contributed by atoms with Crippen molar-refractivity contribution in [1.82, 2.24) is 10.3 Å². The van der Waals surface area contributed by atoms with E-state index in [0.717, 1.165) is 16.6 Å². The molecular formula is C31H27Cl2N3O5. The fraction of sp³-hybridized carbons (Fsp3) is 0.161. The summed E-state index contributed by atoms with van der Waals surface area (Å²) in [5.41, 5.74) is 3.63. The predicted molar refractivity (Wildman–Crippen MR) is 161 cm³/mol. The fourth-order valence-corrected chi connectivity index (χ4v) is 4.56. The monoisotopic (exact) mass is 591 g/mol. The topological polar surface area (TPSA) is 97.8 Å². The molecule has 4 aromatic rings. The molecule has 0 aliphatic rings. The van der Waals surface area contributed by atoms with Crippen molar-refractivity contribution in [3.63, 3.8) is 0 Å². The van der Waals surface area contributed by atoms with Crippen molar-refractivity contribution in [3.8, 4) is 5.75 Å². The number of rotatable bonds is 9. The van der Waals surface area contributed by atoms with Gasteiger partial charge in [0.1, 0.15) is 17.9 Å². The SMILES string of the molecule is COC(=O)c1ccc(C=CC(=O)NCC(=O)N(C)c2ccc(Cl)c(COc3cccc4ccc(C)nc34)c2Cl)cc1. The van der Waals surface area contributed by atoms with Gasteiger partial charge in [-0.1, -0.05) is 53.5 Å². The van der Waals surface area contributed by atoms with Crippen LogP contribution >= 0.6 is 23.2 Å². The zero-order valence-corrected chi connectivity index (χ0v) is 24.1. The molecule has 0 bridgehead atoms. The third-order valence-corrected chi connectivity index (χ3v) is 7.04. The Balaban J connectivity index is 1.39. The molecule has 1 N–H and O–H groups in total. The quantitative estimate of drug-likeness (QED) is 0.189. The highest BCUT2D eigenvalue weighted by molar-refractivity contribution is 6.38. The molecule has 10 heteroatoms. The summed E-state index contributed by atoms with van der Waals surface area (Å²) in [5.74, 6) is -0.708. The summed E-state index contributed by atoms with van der Waals surface area (Å²) in [5, 5.41) is 4.16. The van der Waals surface area contributed by atoms with Crippen molar-refractivity contribution in [2.45, 2.75) is 13.5 Å². The van der Waals surface area contributed by atoms with Gasteiger partial charge in [0.15, 0.2) is 0 Å². The van der Waals surface area contributed by atoms with E-state index in [4.69, 9.17) is 27.9 Å². The zero-order chi connectivity index (χ0) is 29.5. The van der Waals surface area contributed by atoms with Crippen molar-refractivity contribution in [2.24, 2.45) is 0 Å². The molecule has 1 aromatic heterocycles. The van der Waals surface area contributed by atoms with Gasteiger partial charge >= 0.3 is 5.97 Å². The Labute approximate surface area is 247 Å². The normalized spacial score (nSPS) is 11.0. The zero-order valence-electron chi connectivity index (χ0n) is 22.6. The lowest BCUT2D eigenvalue weighted by atomic mass is 10.1. The first-order valence-corrected chi connectivity index (χ1v) is 13.3. The van der Waals surface area contributed by atoms with Gasteiger partial charge in [0.05, 0.1) is 29.9 Å². The van der Waals surface area contributed by atoms with Crippen molar-refractivity contribution >= 4 is 63.7 Å². The van der Waals surface area contributed by atoms with E-state index in [1.165, 1.54) is 18.1 Å². The number of nitrogens with zero attached hydrogens (tertiary/aromatic N) is 2. The van der Waals surface area contributed by atoms with Crippen LogP contribution in [-0.4, -0.2) is 43.5 Å². The molecular weight excluding hydrogens is 565 g/mol. The number of hydrogen-bond donors (Lipinski definition) is 1. The van der Waals surface area contributed by atoms with Gasteiger partial charge in [-0.2, -0.15) is 0 Å². The number of amides is 2. The van der Waals surface area contributed by atoms with E-state index in [9.17, 15) is 14.4 Å². The smallest absolute Gasteiger partial charge is 0.337 e. The standard InChI is InChI=1S/C31H27Cl2N3O5/c1-19-7-11-21-5-4-6-26(30(21)35-19)41-18-23-24(32)14-15-25(29(23)33)36(2)28(38)17-34-27(37)16-10-20-8-12-22(13-9-20)31(39)40-3/h4-16H,17-18H2,1-3H3,(H,34,37). The molecule has 3 aromatic carbocycles. The number of aromatic nitrogens is 1. The first-order valence-electron chi connectivity index (χ1n) is 12.5. The molecule has 0 fully saturated rings. The molecule has 4 rings (SSSR count). The lowest BCUT2D eigenvalue weighted by molar-refractivity contribution is -0.122. The number of carbonyl (C=O) groups is 3. The van der Waals surface area contributed by atoms with Crippen molar-refractivity contribution < 1.29 is 23.9 Å². The molecule has 0 saturated heterocycles. The molecule has 0 aliphatic heterocycles. The number of pyridine rings is 1. The number of nitrogens with one attached hydrogen (secondary N) is 1. The number of likely N-dealkylation sites (N-methyl/N-ethyl adjacent to an activating group) is 1. The highest BCUT2D eigenvalue weighted by atomic mass is 35.5. The minimum Gasteiger partial charge on any atom is -0.487 e. The second-order valence-electron chi connectivity index (χ2n) is 9.05. The van der Waals surface area contributed by atoms with Crippen molar-refractivity contribution in [3.05, 3.63) is 105 Å². The van der Waals surface area contributed by atoms with Gasteiger partial charge in [0.25, 0.3) is 0 Å². The van der Waals surface area contributed by atoms with Crippen LogP contribution in [-0.2, 0) is 20.9 Å². The fourth-order valence-electron chi connectivity index (χ4n) is 3.96. The molecule has 0 atom stereocenters. The van der Waals surface area contributed by atoms with Crippen LogP contribution in [0.3, 0.4) is 0 Å². The number of anilines is 1. The molecule has 1 heterocycles. The number of fused-ring (bicyclic) bond motifs is 1. The van der Waals surface area contributed by atoms with Gasteiger partial charge in [-0.25, -0.2) is 9.78 Å². The summed E-state index contributed by atoms with van der Waals surface area (Å²) in [7, 11) is 2.86. The molecule has 210 valence electrons. The second kappa shape index (κ2) is 13.3. The molecule has 0 spiro atoms. The number of aryl methyl sites for hydroxylation is 1. The minimum absolute atomic E-state index is 0.0599. The average Bonchev–Trinajstić information content (AvgIpc) is 2.98. The number of methoxy groups -OCH3 is 1. The molecule has 2 amide bonds. The summed E-state index contributed by atoms with van der Waals surface area (Å²) >= 11 is 13.1. The number of carbonyl (C=O) groups excluding carboxylic acids is 3. The van der Waals surface area contributed by atoms with Crippen LogP contribution in [0.15, 0.2) is 72.8 Å². The summed E-state index contributed by atoms with van der Waals surface area (Å²) in [6.45, 7) is 1.71. The molecule has 0 saturated carbocycles. The van der Waals surface area contributed by atoms with E-state index in [-0.39, 0.29) is 24.1 Å². The first kappa shape index (κ1) is 29.6. The van der Waals surface area contributed by atoms with Gasteiger partial charge in [0.2, 0.25) is 11.8 Å². The van der Waals surface area contributed by atoms with E-state index in [1.54, 1.807) is 49.5 Å². The Bertz CT molecular complexity index is 1640. The van der Waals surface area contributed by atoms with E-state index in [0.29, 0.717) is 33.1 Å². The van der Waals surface area contributed by atoms with Gasteiger partial charge < -0.3 is 19.7 Å². The third-order valence-electron chi connectivity index (χ3n) is 6.27. The number of halogens is 2. The third kappa shape index (κ3) is 7.22. The summed E-state index contributed by atoms with van der Waals surface area (Å²) in [6, 6.07) is 19.4. The van der Waals surface area contributed by atoms with Crippen molar-refractivity contribution in [1.29, 1.82) is 0 Å². The maximum Gasteiger partial charge on any atom is 0.337 e. The van der Waals surface area contributed by atoms with Gasteiger partial charge in [-0.3, -0.25) is 9.59 Å². The van der Waals surface area contributed by atoms with Crippen LogP contribution in [0.5, 0.6) is 5.75 Å². The van der Waals surface area contributed by atoms with Gasteiger partial charge in [0, 0.05) is 34.8 Å². The largest absolute Gasteiger partial charge is 0.487 e. The lowest BCUT2D eigenvalue weighted by Crippen LogP contribution is -2.37. The number of hydrogen-bond acceptors (Lipinski definition) is 6. The Morgan fingerprint density at radius 1 is 1.00 bits per heavy atom. The first-order chi connectivity index (χ1) is 19.7. The van der Waals surface area contributed by atoms with E-state index < -0.39 is 11.9 Å². The van der Waals surface area contributed by atoms with E-state index in [2.05, 4.69) is 15.0 Å². The van der Waals surface area contributed by atoms with Gasteiger partial charge in [-0.15, -0.1) is 0 Å². The predicted octanol–water partition coefficient (Wildman–Crippen LogP) is 6.01. The van der Waals surface area contributed by atoms with Crippen LogP contribution < -0.4 is 15.0 Å². The summed E-state index contributed by atoms with van der Waals surface area (Å²) in [6.07, 6.45) is 2.87. The van der Waals surface area contributed by atoms with Gasteiger partial charge in [-0.05, 0) is 55.0 Å². The van der Waals surface area contributed by atoms with Crippen LogP contribution in [0.2, 0.25) is 10.0 Å². The molecule has 0 unspecified atom stereocenters. The van der Waals surface area contributed by atoms with Crippen LogP contribution in [0.25, 0.3) is 17.0 Å². The number of ether oxygens (including phenoxy) is 2. The highest BCUT2D eigenvalue weighted by Crippen LogP contribution is 2.35. The molecule has 8 nitrogen and oxygen atoms in total. The number of para-hydroxylation sites is 1. The Hall–Kier alpha value is -4.40. The Morgan fingerprint density at radius 2 is 1.76 bits per heavy atom. The summed E-state index contributed by atoms with van der Waals surface area (Å²) in [4.78, 5) is 42.6. The Morgan fingerprint density at radius 3 is 2.49 bits per heavy atom. The van der Waals surface area contributed by atoms with Crippen LogP contribution in [0.1, 0.15) is 27.2 Å². The van der Waals surface area contributed by atoms with Crippen molar-refractivity contribution in [2.75, 3.05) is 25.6 Å². The molecule has 0 aliphatic carbocycles. The lowest BCUT2D eigenvalue weighted by Gasteiger charge is -2.21. The number of benzene rings is 3. The number of esters is 1. The van der Waals surface area contributed by atoms with E-state index in [1.807, 2.05) is 37.3 Å². The minimum atomic E-state index is -0.459. The molecule has 41 heavy (non-hydrogen) atoms. The summed E-state index contributed by atoms with van der Waals surface area (Å²) < 4.78 is 10.7. The van der Waals surface area contributed by atoms with E-state index >= 15 is 0 Å². The average molecular weight is 592 g/mol. The Kier molecular flexibility index (Phi) is 9.60. The van der Waals surface area contributed by atoms with Crippen LogP contribution in [0.4, 0.5) is 5.69 Å². The maximum absolute atomic E-state index is 12.9.